The first kappa shape index (κ1) is 13.2. The van der Waals surface area contributed by atoms with Crippen LogP contribution in [0.5, 0.6) is 0 Å². The van der Waals surface area contributed by atoms with Gasteiger partial charge in [0, 0.05) is 5.88 Å². The Morgan fingerprint density at radius 1 is 1.00 bits per heavy atom. The Labute approximate surface area is 117 Å². The maximum atomic E-state index is 6.44. The van der Waals surface area contributed by atoms with Gasteiger partial charge in [-0.25, -0.2) is 0 Å². The number of rotatable bonds is 4. The first-order valence-electron chi connectivity index (χ1n) is 8.05. The molecule has 18 heavy (non-hydrogen) atoms. The molecule has 2 atom stereocenters. The van der Waals surface area contributed by atoms with Crippen LogP contribution in [0.3, 0.4) is 0 Å². The van der Waals surface area contributed by atoms with Crippen LogP contribution >= 0.6 is 11.6 Å². The Kier molecular flexibility index (Phi) is 4.20. The van der Waals surface area contributed by atoms with E-state index in [0.717, 1.165) is 17.7 Å². The second kappa shape index (κ2) is 5.71. The van der Waals surface area contributed by atoms with Crippen LogP contribution in [-0.2, 0) is 4.74 Å². The van der Waals surface area contributed by atoms with Crippen molar-refractivity contribution >= 4 is 11.6 Å². The number of alkyl halides is 1. The highest BCUT2D eigenvalue weighted by molar-refractivity contribution is 6.18. The zero-order valence-electron chi connectivity index (χ0n) is 11.5. The molecule has 0 amide bonds. The fraction of sp³-hybridized carbons (Fsp3) is 1.00. The molecule has 1 heterocycles. The lowest BCUT2D eigenvalue weighted by Gasteiger charge is -2.27. The van der Waals surface area contributed by atoms with Gasteiger partial charge in [0.1, 0.15) is 0 Å². The molecule has 1 spiro atoms. The molecule has 2 unspecified atom stereocenters. The van der Waals surface area contributed by atoms with Crippen LogP contribution < -0.4 is 0 Å². The van der Waals surface area contributed by atoms with Crippen molar-refractivity contribution in [2.75, 3.05) is 5.88 Å². The lowest BCUT2D eigenvalue weighted by Crippen LogP contribution is -2.27. The van der Waals surface area contributed by atoms with E-state index in [2.05, 4.69) is 0 Å². The van der Waals surface area contributed by atoms with E-state index in [0.29, 0.717) is 11.7 Å². The Balaban J connectivity index is 1.52. The van der Waals surface area contributed by atoms with E-state index in [4.69, 9.17) is 16.3 Å². The van der Waals surface area contributed by atoms with Crippen molar-refractivity contribution in [3.05, 3.63) is 0 Å². The van der Waals surface area contributed by atoms with Gasteiger partial charge >= 0.3 is 0 Å². The van der Waals surface area contributed by atoms with E-state index in [1.54, 1.807) is 0 Å². The molecule has 1 nitrogen and oxygen atoms in total. The minimum absolute atomic E-state index is 0.303. The molecule has 0 radical (unpaired) electrons. The Morgan fingerprint density at radius 2 is 1.72 bits per heavy atom. The van der Waals surface area contributed by atoms with Crippen LogP contribution in [0, 0.1) is 11.8 Å². The van der Waals surface area contributed by atoms with Crippen LogP contribution in [-0.4, -0.2) is 17.6 Å². The Morgan fingerprint density at radius 3 is 2.39 bits per heavy atom. The van der Waals surface area contributed by atoms with E-state index in [1.807, 2.05) is 0 Å². The van der Waals surface area contributed by atoms with Crippen molar-refractivity contribution in [1.29, 1.82) is 0 Å². The summed E-state index contributed by atoms with van der Waals surface area (Å²) in [5.41, 5.74) is 0.303. The maximum Gasteiger partial charge on any atom is 0.0687 e. The normalized spacial score (nSPS) is 33.5. The molecule has 0 aromatic carbocycles. The third-order valence-electron chi connectivity index (χ3n) is 5.68. The summed E-state index contributed by atoms with van der Waals surface area (Å²) in [6.07, 6.45) is 15.4. The SMILES string of the molecule is ClCC(CC1CCC2(CCCC2)O1)C1CCCC1. The summed E-state index contributed by atoms with van der Waals surface area (Å²) < 4.78 is 6.44. The van der Waals surface area contributed by atoms with E-state index in [9.17, 15) is 0 Å². The summed E-state index contributed by atoms with van der Waals surface area (Å²) in [6.45, 7) is 0. The van der Waals surface area contributed by atoms with Gasteiger partial charge in [0.25, 0.3) is 0 Å². The third-order valence-corrected chi connectivity index (χ3v) is 6.08. The summed E-state index contributed by atoms with van der Waals surface area (Å²) in [5.74, 6) is 2.46. The summed E-state index contributed by atoms with van der Waals surface area (Å²) in [7, 11) is 0. The summed E-state index contributed by atoms with van der Waals surface area (Å²) >= 11 is 6.22. The highest BCUT2D eigenvalue weighted by Gasteiger charge is 2.43. The molecular formula is C16H27ClO. The first-order valence-corrected chi connectivity index (χ1v) is 8.59. The van der Waals surface area contributed by atoms with E-state index < -0.39 is 0 Å². The monoisotopic (exact) mass is 270 g/mol. The standard InChI is InChI=1S/C16H27ClO/c17-12-14(13-5-1-2-6-13)11-15-7-10-16(18-15)8-3-4-9-16/h13-15H,1-12H2. The Hall–Kier alpha value is 0.250. The molecular weight excluding hydrogens is 244 g/mol. The van der Waals surface area contributed by atoms with Crippen molar-refractivity contribution in [3.63, 3.8) is 0 Å². The second-order valence-electron chi connectivity index (χ2n) is 6.86. The molecule has 2 saturated carbocycles. The molecule has 3 aliphatic rings. The minimum atomic E-state index is 0.303. The van der Waals surface area contributed by atoms with E-state index in [-0.39, 0.29) is 0 Å². The van der Waals surface area contributed by atoms with Gasteiger partial charge in [0.05, 0.1) is 11.7 Å². The molecule has 0 bridgehead atoms. The second-order valence-corrected chi connectivity index (χ2v) is 7.17. The third kappa shape index (κ3) is 2.72. The first-order chi connectivity index (χ1) is 8.81. The Bertz CT molecular complexity index is 266. The van der Waals surface area contributed by atoms with Crippen molar-refractivity contribution in [1.82, 2.24) is 0 Å². The fourth-order valence-corrected chi connectivity index (χ4v) is 4.97. The number of halogens is 1. The molecule has 0 aromatic rings. The van der Waals surface area contributed by atoms with Crippen LogP contribution in [0.25, 0.3) is 0 Å². The van der Waals surface area contributed by atoms with Crippen LogP contribution in [0.1, 0.15) is 70.6 Å². The highest BCUT2D eigenvalue weighted by Crippen LogP contribution is 2.45. The van der Waals surface area contributed by atoms with Gasteiger partial charge < -0.3 is 4.74 Å². The topological polar surface area (TPSA) is 9.23 Å². The van der Waals surface area contributed by atoms with Crippen molar-refractivity contribution in [2.45, 2.75) is 82.3 Å². The average Bonchev–Trinajstić information content (AvgIpc) is 3.10. The summed E-state index contributed by atoms with van der Waals surface area (Å²) in [4.78, 5) is 0. The van der Waals surface area contributed by atoms with Gasteiger partial charge in [-0.2, -0.15) is 0 Å². The molecule has 2 aliphatic carbocycles. The van der Waals surface area contributed by atoms with Crippen molar-refractivity contribution in [2.24, 2.45) is 11.8 Å². The summed E-state index contributed by atoms with van der Waals surface area (Å²) in [6, 6.07) is 0. The van der Waals surface area contributed by atoms with Gasteiger partial charge in [-0.05, 0) is 43.9 Å². The van der Waals surface area contributed by atoms with Crippen LogP contribution in [0.2, 0.25) is 0 Å². The molecule has 3 rings (SSSR count). The smallest absolute Gasteiger partial charge is 0.0687 e. The minimum Gasteiger partial charge on any atom is -0.372 e. The summed E-state index contributed by atoms with van der Waals surface area (Å²) in [5, 5.41) is 0. The molecule has 104 valence electrons. The van der Waals surface area contributed by atoms with Gasteiger partial charge in [-0.1, -0.05) is 38.5 Å². The largest absolute Gasteiger partial charge is 0.372 e. The van der Waals surface area contributed by atoms with Gasteiger partial charge in [0.15, 0.2) is 0 Å². The zero-order chi connectivity index (χ0) is 12.4. The molecule has 0 aromatic heterocycles. The lowest BCUT2D eigenvalue weighted by atomic mass is 9.87. The number of hydrogen-bond acceptors (Lipinski definition) is 1. The maximum absolute atomic E-state index is 6.44. The zero-order valence-corrected chi connectivity index (χ0v) is 12.3. The molecule has 0 N–H and O–H groups in total. The van der Waals surface area contributed by atoms with Gasteiger partial charge in [-0.15, -0.1) is 11.6 Å². The molecule has 2 heteroatoms. The fourth-order valence-electron chi connectivity index (χ4n) is 4.60. The molecule has 1 aliphatic heterocycles. The van der Waals surface area contributed by atoms with Crippen LogP contribution in [0.4, 0.5) is 0 Å². The van der Waals surface area contributed by atoms with E-state index in [1.165, 1.54) is 70.6 Å². The predicted octanol–water partition coefficient (Wildman–Crippen LogP) is 4.91. The predicted molar refractivity (Wildman–Crippen MR) is 76.1 cm³/mol. The van der Waals surface area contributed by atoms with Crippen molar-refractivity contribution in [3.8, 4) is 0 Å². The van der Waals surface area contributed by atoms with Gasteiger partial charge in [-0.3, -0.25) is 0 Å². The lowest BCUT2D eigenvalue weighted by molar-refractivity contribution is -0.0457. The van der Waals surface area contributed by atoms with Crippen LogP contribution in [0.15, 0.2) is 0 Å². The van der Waals surface area contributed by atoms with Crippen molar-refractivity contribution < 1.29 is 4.74 Å². The van der Waals surface area contributed by atoms with E-state index >= 15 is 0 Å². The average molecular weight is 271 g/mol. The highest BCUT2D eigenvalue weighted by atomic mass is 35.5. The molecule has 1 saturated heterocycles. The number of hydrogen-bond donors (Lipinski definition) is 0. The van der Waals surface area contributed by atoms with Gasteiger partial charge in [0.2, 0.25) is 0 Å². The molecule has 3 fully saturated rings. The quantitative estimate of drug-likeness (QED) is 0.659. The number of ether oxygens (including phenoxy) is 1.